The van der Waals surface area contributed by atoms with E-state index < -0.39 is 0 Å². The fraction of sp³-hybridized carbons (Fsp3) is 0.467. The summed E-state index contributed by atoms with van der Waals surface area (Å²) in [4.78, 5) is 10.8. The van der Waals surface area contributed by atoms with E-state index in [0.29, 0.717) is 29.8 Å². The first kappa shape index (κ1) is 17.8. The molecule has 1 aromatic heterocycles. The summed E-state index contributed by atoms with van der Waals surface area (Å²) in [6.45, 7) is 1.40. The van der Waals surface area contributed by atoms with Crippen LogP contribution in [-0.2, 0) is 0 Å². The molecule has 0 aliphatic carbocycles. The van der Waals surface area contributed by atoms with Crippen LogP contribution in [0.15, 0.2) is 12.1 Å². The molecule has 1 aromatic carbocycles. The van der Waals surface area contributed by atoms with Crippen molar-refractivity contribution in [3.8, 4) is 11.5 Å². The van der Waals surface area contributed by atoms with Crippen molar-refractivity contribution in [2.45, 2.75) is 13.8 Å². The Bertz CT molecular complexity index is 633. The molecule has 7 nitrogen and oxygen atoms in total. The van der Waals surface area contributed by atoms with Crippen molar-refractivity contribution >= 4 is 22.7 Å². The topological polar surface area (TPSA) is 99.5 Å². The van der Waals surface area contributed by atoms with E-state index in [4.69, 9.17) is 20.9 Å². The van der Waals surface area contributed by atoms with Crippen LogP contribution in [0, 0.1) is 0 Å². The Hall–Kier alpha value is -2.28. The lowest BCUT2D eigenvalue weighted by atomic mass is 10.2. The average molecular weight is 307 g/mol. The third-order valence-electron chi connectivity index (χ3n) is 3.26. The lowest BCUT2D eigenvalue weighted by molar-refractivity contribution is 0.356. The summed E-state index contributed by atoms with van der Waals surface area (Å²) in [6.07, 6.45) is 0.865. The number of fused-ring (bicyclic) bond motifs is 1. The van der Waals surface area contributed by atoms with Gasteiger partial charge in [-0.1, -0.05) is 7.43 Å². The number of ether oxygens (including phenoxy) is 2. The monoisotopic (exact) mass is 307 g/mol. The normalized spacial score (nSPS) is 10.2. The Morgan fingerprint density at radius 1 is 1.14 bits per heavy atom. The quantitative estimate of drug-likeness (QED) is 0.837. The molecule has 0 saturated heterocycles. The number of hydrogen-bond donors (Lipinski definition) is 2. The maximum Gasteiger partial charge on any atom is 0.227 e. The van der Waals surface area contributed by atoms with Gasteiger partial charge in [-0.25, -0.2) is 4.98 Å². The van der Waals surface area contributed by atoms with E-state index in [1.165, 1.54) is 0 Å². The number of benzene rings is 1. The van der Waals surface area contributed by atoms with Crippen molar-refractivity contribution in [2.75, 3.05) is 45.0 Å². The summed E-state index contributed by atoms with van der Waals surface area (Å²) in [5.74, 6) is 2.19. The van der Waals surface area contributed by atoms with Crippen LogP contribution in [0.25, 0.3) is 10.9 Å². The highest BCUT2D eigenvalue weighted by Gasteiger charge is 2.13. The predicted octanol–water partition coefficient (Wildman–Crippen LogP) is 1.65. The van der Waals surface area contributed by atoms with Gasteiger partial charge in [0.2, 0.25) is 5.95 Å². The van der Waals surface area contributed by atoms with Crippen LogP contribution >= 0.6 is 0 Å². The van der Waals surface area contributed by atoms with Crippen LogP contribution in [0.4, 0.5) is 11.8 Å². The highest BCUT2D eigenvalue weighted by molar-refractivity contribution is 5.91. The second-order valence-corrected chi connectivity index (χ2v) is 4.70. The van der Waals surface area contributed by atoms with Crippen LogP contribution in [-0.4, -0.2) is 44.3 Å². The highest BCUT2D eigenvalue weighted by Crippen LogP contribution is 2.33. The molecule has 2 rings (SSSR count). The van der Waals surface area contributed by atoms with Gasteiger partial charge < -0.3 is 25.8 Å². The molecule has 7 heteroatoms. The zero-order valence-electron chi connectivity index (χ0n) is 12.6. The number of nitrogens with two attached hydrogens (primary N) is 2. The minimum absolute atomic E-state index is 0. The third-order valence-corrected chi connectivity index (χ3v) is 3.26. The second-order valence-electron chi connectivity index (χ2n) is 4.70. The van der Waals surface area contributed by atoms with Crippen molar-refractivity contribution in [1.29, 1.82) is 0 Å². The maximum absolute atomic E-state index is 6.04. The molecule has 0 unspecified atom stereocenters. The smallest absolute Gasteiger partial charge is 0.227 e. The van der Waals surface area contributed by atoms with Crippen LogP contribution in [0.1, 0.15) is 13.8 Å². The predicted molar refractivity (Wildman–Crippen MR) is 90.7 cm³/mol. The first-order valence-electron chi connectivity index (χ1n) is 6.71. The summed E-state index contributed by atoms with van der Waals surface area (Å²) in [7, 11) is 5.08. The van der Waals surface area contributed by atoms with Crippen molar-refractivity contribution in [3.05, 3.63) is 12.1 Å². The fourth-order valence-corrected chi connectivity index (χ4v) is 2.07. The molecular weight excluding hydrogens is 282 g/mol. The molecule has 0 radical (unpaired) electrons. The van der Waals surface area contributed by atoms with Gasteiger partial charge in [-0.3, -0.25) is 0 Å². The molecule has 0 bridgehead atoms. The van der Waals surface area contributed by atoms with Gasteiger partial charge in [0.25, 0.3) is 0 Å². The Morgan fingerprint density at radius 2 is 1.77 bits per heavy atom. The summed E-state index contributed by atoms with van der Waals surface area (Å²) in [5.41, 5.74) is 12.3. The van der Waals surface area contributed by atoms with E-state index in [1.807, 2.05) is 11.9 Å². The summed E-state index contributed by atoms with van der Waals surface area (Å²) >= 11 is 0. The number of anilines is 2. The molecule has 0 amide bonds. The van der Waals surface area contributed by atoms with Crippen molar-refractivity contribution in [1.82, 2.24) is 9.97 Å². The van der Waals surface area contributed by atoms with Gasteiger partial charge in [-0.15, -0.1) is 0 Å². The Labute approximate surface area is 131 Å². The van der Waals surface area contributed by atoms with Gasteiger partial charge >= 0.3 is 0 Å². The van der Waals surface area contributed by atoms with Crippen LogP contribution < -0.4 is 25.8 Å². The summed E-state index contributed by atoms with van der Waals surface area (Å²) in [6, 6.07) is 3.58. The number of methoxy groups -OCH3 is 2. The van der Waals surface area contributed by atoms with Crippen molar-refractivity contribution < 1.29 is 9.47 Å². The minimum atomic E-state index is 0. The maximum atomic E-state index is 6.04. The summed E-state index contributed by atoms with van der Waals surface area (Å²) < 4.78 is 10.6. The molecule has 0 fully saturated rings. The molecule has 0 atom stereocenters. The average Bonchev–Trinajstić information content (AvgIpc) is 2.51. The standard InChI is InChI=1S/C14H21N5O2.CH4/c1-19(6-4-5-15)14-17-10-8-12(21-3)11(20-2)7-9(10)13(16)18-14;/h7-8H,4-6,15H2,1-3H3,(H2,16,17,18);1H4. The molecule has 22 heavy (non-hydrogen) atoms. The van der Waals surface area contributed by atoms with E-state index in [2.05, 4.69) is 9.97 Å². The summed E-state index contributed by atoms with van der Waals surface area (Å²) in [5, 5.41) is 0.739. The Morgan fingerprint density at radius 3 is 2.36 bits per heavy atom. The van der Waals surface area contributed by atoms with Crippen molar-refractivity contribution in [3.63, 3.8) is 0 Å². The van der Waals surface area contributed by atoms with Crippen LogP contribution in [0.3, 0.4) is 0 Å². The first-order valence-corrected chi connectivity index (χ1v) is 6.71. The first-order chi connectivity index (χ1) is 10.1. The number of rotatable bonds is 6. The number of aromatic nitrogens is 2. The lowest BCUT2D eigenvalue weighted by Crippen LogP contribution is -2.23. The molecule has 0 spiro atoms. The third kappa shape index (κ3) is 3.48. The van der Waals surface area contributed by atoms with Gasteiger partial charge in [-0.05, 0) is 19.0 Å². The molecule has 0 saturated carbocycles. The van der Waals surface area contributed by atoms with E-state index in [1.54, 1.807) is 26.4 Å². The minimum Gasteiger partial charge on any atom is -0.493 e. The van der Waals surface area contributed by atoms with Gasteiger partial charge in [0, 0.05) is 25.0 Å². The molecule has 0 aliphatic heterocycles. The fourth-order valence-electron chi connectivity index (χ4n) is 2.07. The molecule has 0 aliphatic rings. The molecule has 2 aromatic rings. The van der Waals surface area contributed by atoms with Crippen LogP contribution in [0.5, 0.6) is 11.5 Å². The Balaban J connectivity index is 0.00000242. The number of nitrogens with zero attached hydrogens (tertiary/aromatic N) is 3. The SMILES string of the molecule is C.COc1cc2nc(N(C)CCCN)nc(N)c2cc1OC. The zero-order valence-corrected chi connectivity index (χ0v) is 12.6. The van der Waals surface area contributed by atoms with Gasteiger partial charge in [0.15, 0.2) is 11.5 Å². The highest BCUT2D eigenvalue weighted by atomic mass is 16.5. The Kier molecular flexibility index (Phi) is 6.18. The van der Waals surface area contributed by atoms with E-state index in [-0.39, 0.29) is 7.43 Å². The van der Waals surface area contributed by atoms with Gasteiger partial charge in [0.1, 0.15) is 5.82 Å². The van der Waals surface area contributed by atoms with Gasteiger partial charge in [-0.2, -0.15) is 4.98 Å². The van der Waals surface area contributed by atoms with E-state index >= 15 is 0 Å². The molecule has 4 N–H and O–H groups in total. The van der Waals surface area contributed by atoms with Crippen LogP contribution in [0.2, 0.25) is 0 Å². The lowest BCUT2D eigenvalue weighted by Gasteiger charge is -2.18. The van der Waals surface area contributed by atoms with Crippen molar-refractivity contribution in [2.24, 2.45) is 5.73 Å². The largest absolute Gasteiger partial charge is 0.493 e. The molecule has 122 valence electrons. The molecule has 1 heterocycles. The van der Waals surface area contributed by atoms with E-state index in [0.717, 1.165) is 23.9 Å². The zero-order chi connectivity index (χ0) is 15.4. The second kappa shape index (κ2) is 7.65. The number of hydrogen-bond acceptors (Lipinski definition) is 7. The van der Waals surface area contributed by atoms with Gasteiger partial charge in [0.05, 0.1) is 19.7 Å². The van der Waals surface area contributed by atoms with E-state index in [9.17, 15) is 0 Å². The molecular formula is C15H25N5O2. The number of nitrogen functional groups attached to an aromatic ring is 1.